The van der Waals surface area contributed by atoms with Crippen LogP contribution < -0.4 is 10.6 Å². The lowest BCUT2D eigenvalue weighted by Gasteiger charge is -2.36. The number of nitrogens with one attached hydrogen (secondary N) is 2. The molecule has 39 heavy (non-hydrogen) atoms. The summed E-state index contributed by atoms with van der Waals surface area (Å²) in [6, 6.07) is 24.9. The molecule has 3 aromatic carbocycles. The lowest BCUT2D eigenvalue weighted by atomic mass is 10.0. The summed E-state index contributed by atoms with van der Waals surface area (Å²) in [5.74, 6) is 0.733. The average molecular weight is 545 g/mol. The van der Waals surface area contributed by atoms with E-state index >= 15 is 0 Å². The number of amides is 2. The highest BCUT2D eigenvalue weighted by Crippen LogP contribution is 2.39. The molecule has 0 bridgehead atoms. The van der Waals surface area contributed by atoms with Crippen molar-refractivity contribution in [2.24, 2.45) is 7.05 Å². The third-order valence-electron chi connectivity index (χ3n) is 6.53. The molecule has 1 aromatic heterocycles. The Bertz CT molecular complexity index is 1350. The summed E-state index contributed by atoms with van der Waals surface area (Å²) < 4.78 is 14.8. The average Bonchev–Trinajstić information content (AvgIpc) is 3.40. The molecule has 5 rings (SSSR count). The fourth-order valence-electron chi connectivity index (χ4n) is 4.36. The number of ether oxygens (including phenoxy) is 2. The van der Waals surface area contributed by atoms with Crippen LogP contribution in [0.1, 0.15) is 41.1 Å². The van der Waals surface area contributed by atoms with E-state index in [0.717, 1.165) is 33.2 Å². The number of rotatable bonds is 9. The highest BCUT2D eigenvalue weighted by atomic mass is 32.2. The van der Waals surface area contributed by atoms with E-state index in [1.807, 2.05) is 96.7 Å². The number of urea groups is 1. The zero-order valence-corrected chi connectivity index (χ0v) is 22.5. The summed E-state index contributed by atoms with van der Waals surface area (Å²) in [5.41, 5.74) is 4.49. The van der Waals surface area contributed by atoms with Crippen LogP contribution in [0.5, 0.6) is 0 Å². The molecule has 3 N–H and O–H groups in total. The topological polar surface area (TPSA) is 97.6 Å². The van der Waals surface area contributed by atoms with Gasteiger partial charge in [0, 0.05) is 49.4 Å². The van der Waals surface area contributed by atoms with Gasteiger partial charge >= 0.3 is 6.03 Å². The van der Waals surface area contributed by atoms with E-state index in [2.05, 4.69) is 15.6 Å². The van der Waals surface area contributed by atoms with Crippen LogP contribution in [0, 0.1) is 0 Å². The number of aromatic nitrogens is 2. The lowest BCUT2D eigenvalue weighted by molar-refractivity contribution is -0.245. The molecule has 2 amide bonds. The summed E-state index contributed by atoms with van der Waals surface area (Å²) in [6.07, 6.45) is 3.64. The molecule has 8 nitrogen and oxygen atoms in total. The predicted octanol–water partition coefficient (Wildman–Crippen LogP) is 5.57. The first-order valence-corrected chi connectivity index (χ1v) is 13.9. The van der Waals surface area contributed by atoms with Gasteiger partial charge < -0.3 is 29.8 Å². The molecule has 0 radical (unpaired) electrons. The number of nitrogens with zero attached hydrogens (tertiary/aromatic N) is 2. The molecular weight excluding hydrogens is 512 g/mol. The van der Waals surface area contributed by atoms with Gasteiger partial charge in [0.1, 0.15) is 0 Å². The summed E-state index contributed by atoms with van der Waals surface area (Å²) >= 11 is 1.66. The number of anilines is 1. The van der Waals surface area contributed by atoms with Crippen molar-refractivity contribution < 1.29 is 19.4 Å². The molecule has 3 atom stereocenters. The van der Waals surface area contributed by atoms with Gasteiger partial charge in [-0.25, -0.2) is 9.78 Å². The molecule has 9 heteroatoms. The van der Waals surface area contributed by atoms with Crippen molar-refractivity contribution in [3.63, 3.8) is 0 Å². The van der Waals surface area contributed by atoms with Crippen molar-refractivity contribution in [3.05, 3.63) is 114 Å². The van der Waals surface area contributed by atoms with Gasteiger partial charge in [-0.15, -0.1) is 0 Å². The van der Waals surface area contributed by atoms with Gasteiger partial charge in [-0.05, 0) is 28.8 Å². The second-order valence-electron chi connectivity index (χ2n) is 9.40. The molecule has 202 valence electrons. The van der Waals surface area contributed by atoms with Gasteiger partial charge in [-0.1, -0.05) is 78.5 Å². The van der Waals surface area contributed by atoms with Crippen LogP contribution in [0.25, 0.3) is 0 Å². The third-order valence-corrected chi connectivity index (χ3v) is 7.72. The highest BCUT2D eigenvalue weighted by molar-refractivity contribution is 7.99. The molecule has 1 aliphatic rings. The largest absolute Gasteiger partial charge is 0.392 e. The number of aliphatic hydroxyl groups is 1. The quantitative estimate of drug-likeness (QED) is 0.238. The smallest absolute Gasteiger partial charge is 0.319 e. The maximum Gasteiger partial charge on any atom is 0.319 e. The van der Waals surface area contributed by atoms with Crippen molar-refractivity contribution in [2.45, 2.75) is 43.2 Å². The Morgan fingerprint density at radius 3 is 2.44 bits per heavy atom. The first-order chi connectivity index (χ1) is 19.1. The van der Waals surface area contributed by atoms with E-state index in [0.29, 0.717) is 18.7 Å². The standard InChI is InChI=1S/C30H32N4O4S/c1-34-16-15-31-30(34)39-20-26-17-27(23-9-7-22(19-35)8-10-23)38-28(37-26)24-11-13-25(14-12-24)33-29(36)32-18-21-5-3-2-4-6-21/h2-16,26-28,35H,17-20H2,1H3,(H2,32,33,36)/t26-,27+,28+/m0/s1. The molecule has 1 saturated heterocycles. The van der Waals surface area contributed by atoms with E-state index in [9.17, 15) is 9.90 Å². The van der Waals surface area contributed by atoms with E-state index in [1.54, 1.807) is 18.0 Å². The van der Waals surface area contributed by atoms with Gasteiger partial charge in [-0.3, -0.25) is 0 Å². The van der Waals surface area contributed by atoms with Crippen molar-refractivity contribution in [3.8, 4) is 0 Å². The number of thioether (sulfide) groups is 1. The molecule has 1 aliphatic heterocycles. The molecular formula is C30H32N4O4S. The molecule has 2 heterocycles. The van der Waals surface area contributed by atoms with E-state index in [1.165, 1.54) is 0 Å². The van der Waals surface area contributed by atoms with Gasteiger partial charge in [-0.2, -0.15) is 0 Å². The predicted molar refractivity (Wildman–Crippen MR) is 151 cm³/mol. The van der Waals surface area contributed by atoms with Crippen molar-refractivity contribution >= 4 is 23.5 Å². The molecule has 0 saturated carbocycles. The van der Waals surface area contributed by atoms with Crippen molar-refractivity contribution in [1.29, 1.82) is 0 Å². The molecule has 0 spiro atoms. The number of aryl methyl sites for hydroxylation is 1. The third kappa shape index (κ3) is 7.27. The Morgan fingerprint density at radius 2 is 1.74 bits per heavy atom. The Hall–Kier alpha value is -3.63. The Balaban J connectivity index is 1.25. The number of imidazole rings is 1. The summed E-state index contributed by atoms with van der Waals surface area (Å²) in [7, 11) is 1.98. The SMILES string of the molecule is Cn1ccnc1SC[C@@H]1C[C@H](c2ccc(CO)cc2)O[C@H](c2ccc(NC(=O)NCc3ccccc3)cc2)O1. The van der Waals surface area contributed by atoms with Crippen LogP contribution in [-0.2, 0) is 29.7 Å². The maximum absolute atomic E-state index is 12.4. The van der Waals surface area contributed by atoms with Gasteiger partial charge in [0.15, 0.2) is 11.4 Å². The maximum atomic E-state index is 12.4. The van der Waals surface area contributed by atoms with Crippen LogP contribution in [-0.4, -0.2) is 32.5 Å². The number of hydrogen-bond acceptors (Lipinski definition) is 6. The van der Waals surface area contributed by atoms with Crippen LogP contribution in [0.15, 0.2) is 96.4 Å². The lowest BCUT2D eigenvalue weighted by Crippen LogP contribution is -2.31. The van der Waals surface area contributed by atoms with Crippen molar-refractivity contribution in [1.82, 2.24) is 14.9 Å². The number of hydrogen-bond donors (Lipinski definition) is 3. The van der Waals surface area contributed by atoms with Crippen LogP contribution in [0.4, 0.5) is 10.5 Å². The van der Waals surface area contributed by atoms with E-state index < -0.39 is 6.29 Å². The highest BCUT2D eigenvalue weighted by Gasteiger charge is 2.32. The fraction of sp³-hybridized carbons (Fsp3) is 0.267. The first kappa shape index (κ1) is 27.0. The van der Waals surface area contributed by atoms with E-state index in [4.69, 9.17) is 9.47 Å². The first-order valence-electron chi connectivity index (χ1n) is 12.9. The number of carbonyl (C=O) groups is 1. The minimum Gasteiger partial charge on any atom is -0.392 e. The Labute approximate surface area is 232 Å². The summed E-state index contributed by atoms with van der Waals surface area (Å²) in [5, 5.41) is 16.1. The van der Waals surface area contributed by atoms with Gasteiger partial charge in [0.05, 0.1) is 18.8 Å². The minimum absolute atomic E-state index is 0.00509. The second-order valence-corrected chi connectivity index (χ2v) is 10.4. The summed E-state index contributed by atoms with van der Waals surface area (Å²) in [6.45, 7) is 0.456. The van der Waals surface area contributed by atoms with Crippen LogP contribution in [0.3, 0.4) is 0 Å². The normalized spacial score (nSPS) is 19.0. The monoisotopic (exact) mass is 544 g/mol. The van der Waals surface area contributed by atoms with Crippen LogP contribution in [0.2, 0.25) is 0 Å². The fourth-order valence-corrected chi connectivity index (χ4v) is 5.31. The van der Waals surface area contributed by atoms with E-state index in [-0.39, 0.29) is 24.8 Å². The van der Waals surface area contributed by atoms with Gasteiger partial charge in [0.25, 0.3) is 0 Å². The number of benzene rings is 3. The van der Waals surface area contributed by atoms with Crippen molar-refractivity contribution in [2.75, 3.05) is 11.1 Å². The molecule has 1 fully saturated rings. The second kappa shape index (κ2) is 12.9. The summed E-state index contributed by atoms with van der Waals surface area (Å²) in [4.78, 5) is 16.8. The molecule has 0 unspecified atom stereocenters. The zero-order valence-electron chi connectivity index (χ0n) is 21.7. The number of carbonyl (C=O) groups excluding carboxylic acids is 1. The zero-order chi connectivity index (χ0) is 27.0. The minimum atomic E-state index is -0.561. The number of aliphatic hydroxyl groups excluding tert-OH is 1. The molecule has 4 aromatic rings. The van der Waals surface area contributed by atoms with Crippen LogP contribution >= 0.6 is 11.8 Å². The Kier molecular flexibility index (Phi) is 8.95. The Morgan fingerprint density at radius 1 is 1.00 bits per heavy atom. The van der Waals surface area contributed by atoms with Gasteiger partial charge in [0.2, 0.25) is 0 Å². The molecule has 0 aliphatic carbocycles.